The van der Waals surface area contributed by atoms with E-state index in [1.165, 1.54) is 77.0 Å². The molecule has 0 aromatic heterocycles. The van der Waals surface area contributed by atoms with Crippen molar-refractivity contribution in [1.82, 2.24) is 0 Å². The number of rotatable bonds is 3. The molecule has 2 aliphatic carbocycles. The first-order chi connectivity index (χ1) is 12.1. The summed E-state index contributed by atoms with van der Waals surface area (Å²) in [6.45, 7) is 5.44. The Morgan fingerprint density at radius 1 is 0.680 bits per heavy atom. The van der Waals surface area contributed by atoms with Gasteiger partial charge in [-0.05, 0) is 66.0 Å². The Morgan fingerprint density at radius 3 is 1.56 bits per heavy atom. The molecule has 0 N–H and O–H groups in total. The van der Waals surface area contributed by atoms with E-state index in [2.05, 4.69) is 44.2 Å². The molecule has 1 aromatic rings. The van der Waals surface area contributed by atoms with Gasteiger partial charge in [-0.3, -0.25) is 0 Å². The van der Waals surface area contributed by atoms with Gasteiger partial charge in [0.1, 0.15) is 0 Å². The van der Waals surface area contributed by atoms with Crippen LogP contribution in [-0.2, 0) is 0 Å². The molecule has 3 aliphatic rings. The van der Waals surface area contributed by atoms with Crippen molar-refractivity contribution in [3.05, 3.63) is 30.3 Å². The van der Waals surface area contributed by atoms with Gasteiger partial charge in [0.05, 0.1) is 0 Å². The van der Waals surface area contributed by atoms with Crippen LogP contribution in [0.3, 0.4) is 0 Å². The van der Waals surface area contributed by atoms with E-state index in [1.807, 2.05) is 0 Å². The van der Waals surface area contributed by atoms with Crippen molar-refractivity contribution in [2.75, 3.05) is 0 Å². The highest BCUT2D eigenvalue weighted by atomic mass is 31.1. The third-order valence-electron chi connectivity index (χ3n) is 8.14. The molecule has 25 heavy (non-hydrogen) atoms. The molecule has 2 atom stereocenters. The van der Waals surface area contributed by atoms with Crippen molar-refractivity contribution in [3.8, 4) is 0 Å². The van der Waals surface area contributed by atoms with Gasteiger partial charge in [0.25, 0.3) is 0 Å². The van der Waals surface area contributed by atoms with E-state index in [0.29, 0.717) is 10.3 Å². The van der Waals surface area contributed by atoms with Crippen LogP contribution in [-0.4, -0.2) is 10.3 Å². The van der Waals surface area contributed by atoms with Crippen molar-refractivity contribution >= 4 is 13.2 Å². The maximum Gasteiger partial charge on any atom is -0.00491 e. The van der Waals surface area contributed by atoms with E-state index >= 15 is 0 Å². The number of benzene rings is 1. The van der Waals surface area contributed by atoms with E-state index in [9.17, 15) is 0 Å². The first-order valence-electron chi connectivity index (χ1n) is 11.0. The molecule has 0 radical (unpaired) electrons. The van der Waals surface area contributed by atoms with Gasteiger partial charge in [0, 0.05) is 0 Å². The molecule has 2 unspecified atom stereocenters. The summed E-state index contributed by atoms with van der Waals surface area (Å²) < 4.78 is 0. The average molecular weight is 357 g/mol. The van der Waals surface area contributed by atoms with E-state index in [-0.39, 0.29) is 7.92 Å². The summed E-state index contributed by atoms with van der Waals surface area (Å²) >= 11 is 0. The lowest BCUT2D eigenvalue weighted by Crippen LogP contribution is -2.40. The molecule has 3 fully saturated rings. The van der Waals surface area contributed by atoms with Crippen LogP contribution >= 0.6 is 7.92 Å². The lowest BCUT2D eigenvalue weighted by molar-refractivity contribution is 0.267. The van der Waals surface area contributed by atoms with Crippen molar-refractivity contribution in [3.63, 3.8) is 0 Å². The number of hydrogen-bond donors (Lipinski definition) is 0. The SMILES string of the molecule is CC1(C2CCCCC2)CCC(C)(C2CCCCC2)P1c1ccccc1. The topological polar surface area (TPSA) is 0 Å². The van der Waals surface area contributed by atoms with Crippen molar-refractivity contribution < 1.29 is 0 Å². The zero-order valence-electron chi connectivity index (χ0n) is 16.5. The standard InChI is InChI=1S/C24H37P/c1-23(20-12-6-3-7-13-20)18-19-24(2,21-14-8-4-9-15-21)25(23)22-16-10-5-11-17-22/h5,10-11,16-17,20-21H,3-4,6-9,12-15,18-19H2,1-2H3. The third-order valence-corrected chi connectivity index (χ3v) is 12.2. The normalized spacial score (nSPS) is 38.1. The minimum atomic E-state index is -0.0769. The molecule has 2 saturated carbocycles. The highest BCUT2D eigenvalue weighted by Crippen LogP contribution is 2.74. The fraction of sp³-hybridized carbons (Fsp3) is 0.750. The van der Waals surface area contributed by atoms with E-state index in [1.54, 1.807) is 5.30 Å². The molecule has 138 valence electrons. The fourth-order valence-electron chi connectivity index (χ4n) is 6.70. The summed E-state index contributed by atoms with van der Waals surface area (Å²) in [5.41, 5.74) is 0. The van der Waals surface area contributed by atoms with Gasteiger partial charge in [-0.25, -0.2) is 0 Å². The van der Waals surface area contributed by atoms with Gasteiger partial charge in [-0.1, -0.05) is 90.6 Å². The summed E-state index contributed by atoms with van der Waals surface area (Å²) in [6, 6.07) is 11.8. The van der Waals surface area contributed by atoms with Crippen molar-refractivity contribution in [2.24, 2.45) is 11.8 Å². The Labute approximate surface area is 156 Å². The van der Waals surface area contributed by atoms with Crippen molar-refractivity contribution in [2.45, 2.75) is 101 Å². The molecule has 0 amide bonds. The maximum atomic E-state index is 2.72. The molecular weight excluding hydrogens is 319 g/mol. The summed E-state index contributed by atoms with van der Waals surface area (Å²) in [6.07, 6.45) is 17.9. The van der Waals surface area contributed by atoms with Crippen molar-refractivity contribution in [1.29, 1.82) is 0 Å². The summed E-state index contributed by atoms with van der Waals surface area (Å²) in [7, 11) is -0.0769. The highest BCUT2D eigenvalue weighted by Gasteiger charge is 2.57. The van der Waals surface area contributed by atoms with Crippen LogP contribution < -0.4 is 5.30 Å². The van der Waals surface area contributed by atoms with E-state index in [0.717, 1.165) is 11.8 Å². The van der Waals surface area contributed by atoms with Gasteiger partial charge < -0.3 is 0 Å². The molecule has 1 saturated heterocycles. The molecule has 0 bridgehead atoms. The second-order valence-corrected chi connectivity index (χ2v) is 12.8. The lowest BCUT2D eigenvalue weighted by Gasteiger charge is -2.49. The Hall–Kier alpha value is -0.350. The predicted molar refractivity (Wildman–Crippen MR) is 112 cm³/mol. The second kappa shape index (κ2) is 7.34. The zero-order chi connectivity index (χ0) is 17.3. The molecule has 1 aliphatic heterocycles. The smallest absolute Gasteiger partial charge is 0.00491 e. The lowest BCUT2D eigenvalue weighted by atomic mass is 9.75. The first-order valence-corrected chi connectivity index (χ1v) is 12.3. The summed E-state index contributed by atoms with van der Waals surface area (Å²) in [5, 5.41) is 2.89. The Kier molecular flexibility index (Phi) is 5.30. The monoisotopic (exact) mass is 356 g/mol. The van der Waals surface area contributed by atoms with Gasteiger partial charge in [0.2, 0.25) is 0 Å². The van der Waals surface area contributed by atoms with Gasteiger partial charge in [-0.2, -0.15) is 0 Å². The largest absolute Gasteiger partial charge is 0.0626 e. The molecule has 0 spiro atoms. The van der Waals surface area contributed by atoms with Gasteiger partial charge in [0.15, 0.2) is 0 Å². The van der Waals surface area contributed by atoms with Crippen LogP contribution in [0.4, 0.5) is 0 Å². The fourth-order valence-corrected chi connectivity index (χ4v) is 11.4. The van der Waals surface area contributed by atoms with Crippen LogP contribution in [0.25, 0.3) is 0 Å². The summed E-state index contributed by atoms with van der Waals surface area (Å²) in [5.74, 6) is 1.97. The Balaban J connectivity index is 1.72. The van der Waals surface area contributed by atoms with Crippen LogP contribution in [0.2, 0.25) is 0 Å². The second-order valence-electron chi connectivity index (χ2n) is 9.56. The minimum absolute atomic E-state index is 0.0769. The Morgan fingerprint density at radius 2 is 1.12 bits per heavy atom. The average Bonchev–Trinajstić information content (AvgIpc) is 2.97. The third kappa shape index (κ3) is 3.22. The molecule has 0 nitrogen and oxygen atoms in total. The number of hydrogen-bond acceptors (Lipinski definition) is 0. The van der Waals surface area contributed by atoms with Crippen LogP contribution in [0.5, 0.6) is 0 Å². The molecule has 4 rings (SSSR count). The van der Waals surface area contributed by atoms with Crippen LogP contribution in [0.1, 0.15) is 90.9 Å². The maximum absolute atomic E-state index is 2.72. The molecule has 1 aromatic carbocycles. The first kappa shape index (κ1) is 18.0. The predicted octanol–water partition coefficient (Wildman–Crippen LogP) is 7.27. The van der Waals surface area contributed by atoms with Gasteiger partial charge >= 0.3 is 0 Å². The van der Waals surface area contributed by atoms with E-state index < -0.39 is 0 Å². The highest BCUT2D eigenvalue weighted by molar-refractivity contribution is 7.69. The quantitative estimate of drug-likeness (QED) is 0.500. The van der Waals surface area contributed by atoms with Crippen LogP contribution in [0, 0.1) is 11.8 Å². The molecule has 1 heterocycles. The molecular formula is C24H37P. The van der Waals surface area contributed by atoms with E-state index in [4.69, 9.17) is 0 Å². The minimum Gasteiger partial charge on any atom is -0.0626 e. The van der Waals surface area contributed by atoms with Gasteiger partial charge in [-0.15, -0.1) is 0 Å². The zero-order valence-corrected chi connectivity index (χ0v) is 17.4. The summed E-state index contributed by atoms with van der Waals surface area (Å²) in [4.78, 5) is 0. The molecule has 1 heteroatoms. The Bertz CT molecular complexity index is 523. The van der Waals surface area contributed by atoms with Crippen LogP contribution in [0.15, 0.2) is 30.3 Å².